The molecule has 0 unspecified atom stereocenters. The van der Waals surface area contributed by atoms with Gasteiger partial charge in [-0.25, -0.2) is 8.42 Å². The molecule has 1 fully saturated rings. The first-order valence-electron chi connectivity index (χ1n) is 10.8. The Hall–Kier alpha value is -2.78. The second-order valence-electron chi connectivity index (χ2n) is 7.49. The lowest BCUT2D eigenvalue weighted by atomic mass is 10.1. The first-order chi connectivity index (χ1) is 15.3. The minimum atomic E-state index is -3.69. The molecule has 0 bridgehead atoms. The van der Waals surface area contributed by atoms with Crippen molar-refractivity contribution in [3.8, 4) is 11.5 Å². The highest BCUT2D eigenvalue weighted by molar-refractivity contribution is 7.89. The molecule has 0 aromatic heterocycles. The highest BCUT2D eigenvalue weighted by Crippen LogP contribution is 2.32. The van der Waals surface area contributed by atoms with Crippen molar-refractivity contribution in [1.82, 2.24) is 4.31 Å². The van der Waals surface area contributed by atoms with Gasteiger partial charge < -0.3 is 19.7 Å². The number of methoxy groups -OCH3 is 2. The zero-order valence-corrected chi connectivity index (χ0v) is 19.9. The van der Waals surface area contributed by atoms with Crippen molar-refractivity contribution in [1.29, 1.82) is 0 Å². The third kappa shape index (κ3) is 4.83. The molecule has 0 radical (unpaired) electrons. The number of carbonyl (C=O) groups excluding carboxylic acids is 1. The highest BCUT2D eigenvalue weighted by atomic mass is 32.2. The molecular weight excluding hydrogens is 430 g/mol. The summed E-state index contributed by atoms with van der Waals surface area (Å²) in [5.41, 5.74) is 1.59. The zero-order chi connectivity index (χ0) is 23.3. The Morgan fingerprint density at radius 1 is 1.00 bits per heavy atom. The number of hydrogen-bond donors (Lipinski definition) is 1. The van der Waals surface area contributed by atoms with E-state index in [1.165, 1.54) is 17.5 Å². The normalized spacial score (nSPS) is 14.0. The van der Waals surface area contributed by atoms with Gasteiger partial charge in [-0.1, -0.05) is 13.8 Å². The van der Waals surface area contributed by atoms with Crippen LogP contribution in [0.4, 0.5) is 11.4 Å². The summed E-state index contributed by atoms with van der Waals surface area (Å²) in [6, 6.07) is 9.90. The summed E-state index contributed by atoms with van der Waals surface area (Å²) >= 11 is 0. The molecule has 0 spiro atoms. The van der Waals surface area contributed by atoms with Crippen LogP contribution in [0.5, 0.6) is 11.5 Å². The molecule has 1 aliphatic rings. The molecule has 1 saturated heterocycles. The standard InChI is InChI=1S/C23H31N3O5S/c1-5-26(6-2)32(28,29)18-10-11-20(25-13-7-8-14-25)19(16-18)23(27)24-17-9-12-21(30-3)22(15-17)31-4/h9-12,15-16H,5-8,13-14H2,1-4H3,(H,24,27). The van der Waals surface area contributed by atoms with E-state index in [9.17, 15) is 13.2 Å². The first-order valence-corrected chi connectivity index (χ1v) is 12.2. The van der Waals surface area contributed by atoms with Gasteiger partial charge in [-0.3, -0.25) is 4.79 Å². The fourth-order valence-electron chi connectivity index (χ4n) is 3.92. The minimum absolute atomic E-state index is 0.113. The average Bonchev–Trinajstić information content (AvgIpc) is 3.34. The monoisotopic (exact) mass is 461 g/mol. The number of sulfonamides is 1. The molecule has 9 heteroatoms. The Morgan fingerprint density at radius 2 is 1.66 bits per heavy atom. The molecule has 1 amide bonds. The van der Waals surface area contributed by atoms with Gasteiger partial charge in [0, 0.05) is 43.6 Å². The predicted octanol–water partition coefficient (Wildman–Crippen LogP) is 3.59. The summed E-state index contributed by atoms with van der Waals surface area (Å²) in [7, 11) is -0.626. The van der Waals surface area contributed by atoms with Crippen molar-refractivity contribution in [2.75, 3.05) is 50.6 Å². The Bertz CT molecular complexity index is 1060. The van der Waals surface area contributed by atoms with Gasteiger partial charge in [0.15, 0.2) is 11.5 Å². The average molecular weight is 462 g/mol. The van der Waals surface area contributed by atoms with E-state index in [0.717, 1.165) is 31.6 Å². The minimum Gasteiger partial charge on any atom is -0.493 e. The molecule has 174 valence electrons. The smallest absolute Gasteiger partial charge is 0.257 e. The van der Waals surface area contributed by atoms with E-state index in [-0.39, 0.29) is 10.8 Å². The van der Waals surface area contributed by atoms with Gasteiger partial charge >= 0.3 is 0 Å². The number of anilines is 2. The molecule has 3 rings (SSSR count). The molecule has 1 heterocycles. The van der Waals surface area contributed by atoms with Crippen LogP contribution in [0, 0.1) is 0 Å². The summed E-state index contributed by atoms with van der Waals surface area (Å²) in [5, 5.41) is 2.87. The largest absolute Gasteiger partial charge is 0.493 e. The van der Waals surface area contributed by atoms with E-state index < -0.39 is 10.0 Å². The predicted molar refractivity (Wildman–Crippen MR) is 125 cm³/mol. The van der Waals surface area contributed by atoms with Gasteiger partial charge in [0.1, 0.15) is 0 Å². The fourth-order valence-corrected chi connectivity index (χ4v) is 5.40. The highest BCUT2D eigenvalue weighted by Gasteiger charge is 2.26. The molecule has 0 atom stereocenters. The van der Waals surface area contributed by atoms with Crippen LogP contribution in [0.3, 0.4) is 0 Å². The van der Waals surface area contributed by atoms with E-state index in [4.69, 9.17) is 9.47 Å². The van der Waals surface area contributed by atoms with Crippen LogP contribution >= 0.6 is 0 Å². The number of rotatable bonds is 9. The number of amides is 1. The molecule has 1 N–H and O–H groups in total. The molecule has 0 saturated carbocycles. The van der Waals surface area contributed by atoms with Gasteiger partial charge in [-0.05, 0) is 43.2 Å². The van der Waals surface area contributed by atoms with Crippen LogP contribution < -0.4 is 19.7 Å². The lowest BCUT2D eigenvalue weighted by Gasteiger charge is -2.23. The molecule has 0 aliphatic carbocycles. The Labute approximate surface area is 190 Å². The third-order valence-electron chi connectivity index (χ3n) is 5.64. The van der Waals surface area contributed by atoms with Gasteiger partial charge in [0.2, 0.25) is 10.0 Å². The lowest BCUT2D eigenvalue weighted by Crippen LogP contribution is -2.31. The van der Waals surface area contributed by atoms with Crippen LogP contribution in [-0.2, 0) is 10.0 Å². The van der Waals surface area contributed by atoms with Gasteiger partial charge in [0.05, 0.1) is 24.7 Å². The second kappa shape index (κ2) is 10.2. The number of nitrogens with zero attached hydrogens (tertiary/aromatic N) is 2. The summed E-state index contributed by atoms with van der Waals surface area (Å²) in [6.07, 6.45) is 2.08. The van der Waals surface area contributed by atoms with Crippen molar-refractivity contribution >= 4 is 27.3 Å². The number of hydrogen-bond acceptors (Lipinski definition) is 6. The third-order valence-corrected chi connectivity index (χ3v) is 7.69. The number of ether oxygens (including phenoxy) is 2. The van der Waals surface area contributed by atoms with Crippen LogP contribution in [0.15, 0.2) is 41.3 Å². The first kappa shape index (κ1) is 23.9. The van der Waals surface area contributed by atoms with Crippen molar-refractivity contribution in [2.45, 2.75) is 31.6 Å². The van der Waals surface area contributed by atoms with Crippen LogP contribution in [0.25, 0.3) is 0 Å². The molecule has 2 aromatic carbocycles. The van der Waals surface area contributed by atoms with Gasteiger partial charge in [-0.2, -0.15) is 4.31 Å². The fraction of sp³-hybridized carbons (Fsp3) is 0.435. The molecular formula is C23H31N3O5S. The molecule has 2 aromatic rings. The number of nitrogens with one attached hydrogen (secondary N) is 1. The molecule has 8 nitrogen and oxygen atoms in total. The van der Waals surface area contributed by atoms with E-state index in [1.54, 1.807) is 51.3 Å². The summed E-state index contributed by atoms with van der Waals surface area (Å²) in [4.78, 5) is 15.6. The Kier molecular flexibility index (Phi) is 7.63. The van der Waals surface area contributed by atoms with E-state index in [0.29, 0.717) is 35.8 Å². The van der Waals surface area contributed by atoms with Gasteiger partial charge in [-0.15, -0.1) is 0 Å². The Balaban J connectivity index is 2.01. The van der Waals surface area contributed by atoms with Crippen LogP contribution in [0.2, 0.25) is 0 Å². The summed E-state index contributed by atoms with van der Waals surface area (Å²) in [6.45, 7) is 5.98. The van der Waals surface area contributed by atoms with Crippen molar-refractivity contribution < 1.29 is 22.7 Å². The second-order valence-corrected chi connectivity index (χ2v) is 9.42. The SMILES string of the molecule is CCN(CC)S(=O)(=O)c1ccc(N2CCCC2)c(C(=O)Nc2ccc(OC)c(OC)c2)c1. The molecule has 1 aliphatic heterocycles. The maximum atomic E-state index is 13.3. The maximum absolute atomic E-state index is 13.3. The zero-order valence-electron chi connectivity index (χ0n) is 19.1. The number of carbonyl (C=O) groups is 1. The Morgan fingerprint density at radius 3 is 2.25 bits per heavy atom. The molecule has 32 heavy (non-hydrogen) atoms. The van der Waals surface area contributed by atoms with E-state index in [1.807, 2.05) is 0 Å². The van der Waals surface area contributed by atoms with Crippen molar-refractivity contribution in [3.05, 3.63) is 42.0 Å². The number of benzene rings is 2. The van der Waals surface area contributed by atoms with Crippen molar-refractivity contribution in [3.63, 3.8) is 0 Å². The van der Waals surface area contributed by atoms with E-state index in [2.05, 4.69) is 10.2 Å². The maximum Gasteiger partial charge on any atom is 0.257 e. The lowest BCUT2D eigenvalue weighted by molar-refractivity contribution is 0.102. The van der Waals surface area contributed by atoms with Crippen LogP contribution in [0.1, 0.15) is 37.0 Å². The summed E-state index contributed by atoms with van der Waals surface area (Å²) < 4.78 is 38.1. The summed E-state index contributed by atoms with van der Waals surface area (Å²) in [5.74, 6) is 0.661. The van der Waals surface area contributed by atoms with E-state index >= 15 is 0 Å². The van der Waals surface area contributed by atoms with Crippen LogP contribution in [-0.4, -0.2) is 59.0 Å². The topological polar surface area (TPSA) is 88.2 Å². The van der Waals surface area contributed by atoms with Gasteiger partial charge in [0.25, 0.3) is 5.91 Å². The quantitative estimate of drug-likeness (QED) is 0.614. The van der Waals surface area contributed by atoms with Crippen molar-refractivity contribution in [2.24, 2.45) is 0 Å².